The van der Waals surface area contributed by atoms with E-state index in [9.17, 15) is 22.8 Å². The van der Waals surface area contributed by atoms with Crippen LogP contribution in [0.1, 0.15) is 19.3 Å². The molecule has 0 spiro atoms. The van der Waals surface area contributed by atoms with E-state index in [2.05, 4.69) is 0 Å². The average Bonchev–Trinajstić information content (AvgIpc) is 2.14. The van der Waals surface area contributed by atoms with Crippen LogP contribution in [0.25, 0.3) is 0 Å². The van der Waals surface area contributed by atoms with E-state index >= 15 is 0 Å². The molecule has 16 heavy (non-hydrogen) atoms. The summed E-state index contributed by atoms with van der Waals surface area (Å²) in [6.45, 7) is 0. The van der Waals surface area contributed by atoms with Crippen LogP contribution in [0.4, 0.5) is 13.2 Å². The van der Waals surface area contributed by atoms with E-state index in [1.54, 1.807) is 6.07 Å². The SMILES string of the molecule is N#CCCCC(NC(=O)C(F)(F)F)C(=O)O. The molecule has 0 aliphatic rings. The van der Waals surface area contributed by atoms with Crippen molar-refractivity contribution in [2.75, 3.05) is 0 Å². The number of carbonyl (C=O) groups is 2. The van der Waals surface area contributed by atoms with Crippen LogP contribution in [-0.2, 0) is 9.59 Å². The van der Waals surface area contributed by atoms with Crippen LogP contribution in [-0.4, -0.2) is 29.2 Å². The molecule has 0 aliphatic carbocycles. The Balaban J connectivity index is 4.30. The normalized spacial score (nSPS) is 12.6. The highest BCUT2D eigenvalue weighted by atomic mass is 19.4. The minimum atomic E-state index is -5.11. The van der Waals surface area contributed by atoms with Gasteiger partial charge in [-0.2, -0.15) is 18.4 Å². The summed E-state index contributed by atoms with van der Waals surface area (Å²) in [5.74, 6) is -3.85. The second-order valence-corrected chi connectivity index (χ2v) is 2.91. The highest BCUT2D eigenvalue weighted by Gasteiger charge is 2.40. The number of carboxylic acid groups (broad SMARTS) is 1. The van der Waals surface area contributed by atoms with Crippen LogP contribution >= 0.6 is 0 Å². The molecule has 0 aromatic heterocycles. The number of carbonyl (C=O) groups excluding carboxylic acids is 1. The molecule has 1 unspecified atom stereocenters. The molecule has 0 rings (SSSR count). The van der Waals surface area contributed by atoms with Gasteiger partial charge in [-0.05, 0) is 12.8 Å². The Morgan fingerprint density at radius 3 is 2.38 bits per heavy atom. The first kappa shape index (κ1) is 14.2. The van der Waals surface area contributed by atoms with E-state index in [0.717, 1.165) is 0 Å². The largest absolute Gasteiger partial charge is 0.480 e. The van der Waals surface area contributed by atoms with Crippen molar-refractivity contribution in [3.8, 4) is 6.07 Å². The lowest BCUT2D eigenvalue weighted by atomic mass is 10.1. The summed E-state index contributed by atoms with van der Waals surface area (Å²) in [4.78, 5) is 20.9. The van der Waals surface area contributed by atoms with Gasteiger partial charge >= 0.3 is 18.1 Å². The topological polar surface area (TPSA) is 90.2 Å². The van der Waals surface area contributed by atoms with E-state index in [0.29, 0.717) is 0 Å². The number of nitrogens with one attached hydrogen (secondary N) is 1. The molecule has 5 nitrogen and oxygen atoms in total. The van der Waals surface area contributed by atoms with Gasteiger partial charge in [0.15, 0.2) is 0 Å². The molecule has 0 heterocycles. The fraction of sp³-hybridized carbons (Fsp3) is 0.625. The number of hydrogen-bond donors (Lipinski definition) is 2. The van der Waals surface area contributed by atoms with Crippen LogP contribution in [0, 0.1) is 11.3 Å². The maximum atomic E-state index is 11.8. The van der Waals surface area contributed by atoms with Crippen LogP contribution in [0.15, 0.2) is 0 Å². The molecule has 0 saturated heterocycles. The molecular formula is C8H9F3N2O3. The minimum Gasteiger partial charge on any atom is -0.480 e. The molecule has 1 atom stereocenters. The number of nitriles is 1. The van der Waals surface area contributed by atoms with Gasteiger partial charge in [0.1, 0.15) is 6.04 Å². The van der Waals surface area contributed by atoms with Gasteiger partial charge in [0.05, 0.1) is 6.07 Å². The number of nitrogens with zero attached hydrogens (tertiary/aromatic N) is 1. The zero-order valence-corrected chi connectivity index (χ0v) is 8.04. The van der Waals surface area contributed by atoms with Crippen LogP contribution in [0.3, 0.4) is 0 Å². The zero-order valence-electron chi connectivity index (χ0n) is 8.04. The van der Waals surface area contributed by atoms with Crippen molar-refractivity contribution in [3.63, 3.8) is 0 Å². The Morgan fingerprint density at radius 1 is 1.44 bits per heavy atom. The molecule has 0 fully saturated rings. The first-order valence-corrected chi connectivity index (χ1v) is 4.26. The van der Waals surface area contributed by atoms with Crippen molar-refractivity contribution in [2.45, 2.75) is 31.5 Å². The first-order chi connectivity index (χ1) is 7.29. The Labute approximate surface area is 88.9 Å². The summed E-state index contributed by atoms with van der Waals surface area (Å²) in [6, 6.07) is 0.0950. The highest BCUT2D eigenvalue weighted by Crippen LogP contribution is 2.15. The summed E-state index contributed by atoms with van der Waals surface area (Å²) in [7, 11) is 0. The predicted molar refractivity (Wildman–Crippen MR) is 45.1 cm³/mol. The smallest absolute Gasteiger partial charge is 0.471 e. The van der Waals surface area contributed by atoms with Crippen LogP contribution < -0.4 is 5.32 Å². The lowest BCUT2D eigenvalue weighted by molar-refractivity contribution is -0.175. The standard InChI is InChI=1S/C8H9F3N2O3/c9-8(10,11)7(16)13-5(6(14)15)3-1-2-4-12/h5H,1-3H2,(H,13,16)(H,14,15). The van der Waals surface area contributed by atoms with E-state index in [1.807, 2.05) is 0 Å². The van der Waals surface area contributed by atoms with E-state index < -0.39 is 24.1 Å². The van der Waals surface area contributed by atoms with Crippen LogP contribution in [0.2, 0.25) is 0 Å². The molecule has 90 valence electrons. The molecule has 8 heteroatoms. The predicted octanol–water partition coefficient (Wildman–Crippen LogP) is 0.812. The molecule has 0 aromatic rings. The Kier molecular flexibility index (Phi) is 5.29. The van der Waals surface area contributed by atoms with Gasteiger partial charge in [-0.25, -0.2) is 4.79 Å². The Hall–Kier alpha value is -1.78. The number of unbranched alkanes of at least 4 members (excludes halogenated alkanes) is 1. The number of halogens is 3. The van der Waals surface area contributed by atoms with E-state index in [1.165, 1.54) is 5.32 Å². The van der Waals surface area contributed by atoms with Gasteiger partial charge in [-0.1, -0.05) is 0 Å². The third kappa shape index (κ3) is 5.19. The Bertz CT molecular complexity index is 309. The number of amides is 1. The quantitative estimate of drug-likeness (QED) is 0.693. The average molecular weight is 238 g/mol. The fourth-order valence-corrected chi connectivity index (χ4v) is 0.883. The molecule has 0 aliphatic heterocycles. The number of alkyl halides is 3. The number of aliphatic carboxylic acids is 1. The van der Waals surface area contributed by atoms with Gasteiger partial charge in [0.2, 0.25) is 0 Å². The summed E-state index contributed by atoms with van der Waals surface area (Å²) >= 11 is 0. The van der Waals surface area contributed by atoms with Crippen molar-refractivity contribution < 1.29 is 27.9 Å². The maximum Gasteiger partial charge on any atom is 0.471 e. The van der Waals surface area contributed by atoms with Crippen molar-refractivity contribution in [1.82, 2.24) is 5.32 Å². The van der Waals surface area contributed by atoms with Crippen molar-refractivity contribution in [1.29, 1.82) is 5.26 Å². The van der Waals surface area contributed by atoms with Gasteiger partial charge in [0, 0.05) is 6.42 Å². The second-order valence-electron chi connectivity index (χ2n) is 2.91. The molecule has 0 radical (unpaired) electrons. The maximum absolute atomic E-state index is 11.8. The zero-order chi connectivity index (χ0) is 12.8. The number of hydrogen-bond acceptors (Lipinski definition) is 3. The number of carboxylic acids is 1. The summed E-state index contributed by atoms with van der Waals surface area (Å²) < 4.78 is 35.4. The van der Waals surface area contributed by atoms with Gasteiger partial charge in [-0.3, -0.25) is 4.79 Å². The van der Waals surface area contributed by atoms with E-state index in [-0.39, 0.29) is 19.3 Å². The third-order valence-electron chi connectivity index (χ3n) is 1.64. The molecule has 1 amide bonds. The number of rotatable bonds is 5. The highest BCUT2D eigenvalue weighted by molar-refractivity contribution is 5.86. The second kappa shape index (κ2) is 5.95. The molecule has 0 saturated carbocycles. The fourth-order valence-electron chi connectivity index (χ4n) is 0.883. The summed E-state index contributed by atoms with van der Waals surface area (Å²) in [5.41, 5.74) is 0. The van der Waals surface area contributed by atoms with Crippen molar-refractivity contribution in [3.05, 3.63) is 0 Å². The van der Waals surface area contributed by atoms with Gasteiger partial charge < -0.3 is 10.4 Å². The molecule has 0 bridgehead atoms. The van der Waals surface area contributed by atoms with E-state index in [4.69, 9.17) is 10.4 Å². The molecule has 2 N–H and O–H groups in total. The van der Waals surface area contributed by atoms with Gasteiger partial charge in [-0.15, -0.1) is 0 Å². The van der Waals surface area contributed by atoms with Crippen LogP contribution in [0.5, 0.6) is 0 Å². The molecular weight excluding hydrogens is 229 g/mol. The first-order valence-electron chi connectivity index (χ1n) is 4.26. The van der Waals surface area contributed by atoms with Crippen molar-refractivity contribution >= 4 is 11.9 Å². The lowest BCUT2D eigenvalue weighted by Crippen LogP contribution is -2.46. The Morgan fingerprint density at radius 2 is 2.00 bits per heavy atom. The molecule has 0 aromatic carbocycles. The van der Waals surface area contributed by atoms with Gasteiger partial charge in [0.25, 0.3) is 0 Å². The monoisotopic (exact) mass is 238 g/mol. The van der Waals surface area contributed by atoms with Crippen molar-refractivity contribution in [2.24, 2.45) is 0 Å². The third-order valence-corrected chi connectivity index (χ3v) is 1.64. The summed E-state index contributed by atoms with van der Waals surface area (Å²) in [5, 5.41) is 18.0. The minimum absolute atomic E-state index is 0.0195. The summed E-state index contributed by atoms with van der Waals surface area (Å²) in [6.07, 6.45) is -5.20. The lowest BCUT2D eigenvalue weighted by Gasteiger charge is -2.14.